The van der Waals surface area contributed by atoms with Crippen LogP contribution in [0.5, 0.6) is 0 Å². The Morgan fingerprint density at radius 1 is 1.44 bits per heavy atom. The Hall–Kier alpha value is -1.86. The van der Waals surface area contributed by atoms with Gasteiger partial charge in [0.1, 0.15) is 0 Å². The van der Waals surface area contributed by atoms with E-state index < -0.39 is 0 Å². The first-order valence-corrected chi connectivity index (χ1v) is 6.02. The molecule has 0 fully saturated rings. The van der Waals surface area contributed by atoms with Crippen LogP contribution in [0.15, 0.2) is 24.3 Å². The van der Waals surface area contributed by atoms with E-state index >= 15 is 0 Å². The Morgan fingerprint density at radius 2 is 2.06 bits per heavy atom. The molecule has 0 spiro atoms. The van der Waals surface area contributed by atoms with E-state index in [0.717, 1.165) is 12.0 Å². The lowest BCUT2D eigenvalue weighted by atomic mass is 10.1. The quantitative estimate of drug-likeness (QED) is 0.852. The maximum absolute atomic E-state index is 12.1. The molecule has 4 heteroatoms. The number of carbonyl (C=O) groups excluding carboxylic acids is 1. The van der Waals surface area contributed by atoms with Gasteiger partial charge in [-0.1, -0.05) is 12.1 Å². The lowest BCUT2D eigenvalue weighted by Gasteiger charge is -2.18. The zero-order valence-corrected chi connectivity index (χ0v) is 10.9. The predicted molar refractivity (Wildman–Crippen MR) is 70.9 cm³/mol. The molecule has 4 nitrogen and oxygen atoms in total. The molecular formula is C14H19N3O. The third-order valence-electron chi connectivity index (χ3n) is 2.75. The summed E-state index contributed by atoms with van der Waals surface area (Å²) in [5.41, 5.74) is 7.24. The van der Waals surface area contributed by atoms with Crippen LogP contribution in [0, 0.1) is 17.2 Å². The highest BCUT2D eigenvalue weighted by molar-refractivity contribution is 5.94. The SMILES string of the molecule is CC(C#N)CN(C)C(=O)c1ccc(CCN)cc1. The molecule has 0 saturated carbocycles. The third kappa shape index (κ3) is 3.86. The Labute approximate surface area is 108 Å². The number of nitrogens with two attached hydrogens (primary N) is 1. The van der Waals surface area contributed by atoms with Gasteiger partial charge in [-0.2, -0.15) is 5.26 Å². The lowest BCUT2D eigenvalue weighted by Crippen LogP contribution is -2.30. The molecule has 1 aromatic rings. The molecule has 1 amide bonds. The molecule has 0 saturated heterocycles. The van der Waals surface area contributed by atoms with Crippen LogP contribution in [-0.2, 0) is 6.42 Å². The van der Waals surface area contributed by atoms with Crippen molar-refractivity contribution in [1.29, 1.82) is 5.26 Å². The normalized spacial score (nSPS) is 11.7. The van der Waals surface area contributed by atoms with Crippen molar-refractivity contribution in [2.75, 3.05) is 20.1 Å². The second-order valence-corrected chi connectivity index (χ2v) is 4.45. The van der Waals surface area contributed by atoms with Crippen molar-refractivity contribution in [1.82, 2.24) is 4.90 Å². The molecule has 2 N–H and O–H groups in total. The van der Waals surface area contributed by atoms with E-state index in [0.29, 0.717) is 18.7 Å². The predicted octanol–water partition coefficient (Wildman–Crippen LogP) is 1.42. The van der Waals surface area contributed by atoms with Crippen LogP contribution in [0.3, 0.4) is 0 Å². The van der Waals surface area contributed by atoms with E-state index in [-0.39, 0.29) is 11.8 Å². The molecule has 1 atom stereocenters. The minimum absolute atomic E-state index is 0.0589. The maximum Gasteiger partial charge on any atom is 0.253 e. The number of nitriles is 1. The van der Waals surface area contributed by atoms with Gasteiger partial charge in [-0.25, -0.2) is 0 Å². The molecule has 1 aromatic carbocycles. The molecule has 1 rings (SSSR count). The summed E-state index contributed by atoms with van der Waals surface area (Å²) in [6.45, 7) is 2.85. The minimum atomic E-state index is -0.157. The maximum atomic E-state index is 12.1. The van der Waals surface area contributed by atoms with Crippen LogP contribution in [0.25, 0.3) is 0 Å². The number of nitrogens with zero attached hydrogens (tertiary/aromatic N) is 2. The van der Waals surface area contributed by atoms with E-state index in [1.165, 1.54) is 0 Å². The Bertz CT molecular complexity index is 433. The zero-order chi connectivity index (χ0) is 13.5. The van der Waals surface area contributed by atoms with Crippen LogP contribution in [0.4, 0.5) is 0 Å². The molecule has 0 aliphatic rings. The fraction of sp³-hybridized carbons (Fsp3) is 0.429. The van der Waals surface area contributed by atoms with Gasteiger partial charge < -0.3 is 10.6 Å². The van der Waals surface area contributed by atoms with Crippen molar-refractivity contribution in [3.8, 4) is 6.07 Å². The van der Waals surface area contributed by atoms with Crippen LogP contribution in [-0.4, -0.2) is 30.9 Å². The summed E-state index contributed by atoms with van der Waals surface area (Å²) >= 11 is 0. The summed E-state index contributed by atoms with van der Waals surface area (Å²) in [6, 6.07) is 9.57. The standard InChI is InChI=1S/C14H19N3O/c1-11(9-16)10-17(2)14(18)13-5-3-12(4-6-13)7-8-15/h3-6,11H,7-8,10,15H2,1-2H3. The van der Waals surface area contributed by atoms with Gasteiger partial charge in [0.25, 0.3) is 5.91 Å². The van der Waals surface area contributed by atoms with Gasteiger partial charge in [0.05, 0.1) is 12.0 Å². The molecule has 18 heavy (non-hydrogen) atoms. The van der Waals surface area contributed by atoms with Gasteiger partial charge in [-0.3, -0.25) is 4.79 Å². The van der Waals surface area contributed by atoms with E-state index in [2.05, 4.69) is 6.07 Å². The molecule has 96 valence electrons. The van der Waals surface area contributed by atoms with E-state index in [1.807, 2.05) is 12.1 Å². The van der Waals surface area contributed by atoms with Crippen molar-refractivity contribution in [3.63, 3.8) is 0 Å². The van der Waals surface area contributed by atoms with Gasteiger partial charge in [0, 0.05) is 19.2 Å². The highest BCUT2D eigenvalue weighted by atomic mass is 16.2. The molecule has 0 aromatic heterocycles. The minimum Gasteiger partial charge on any atom is -0.340 e. The number of hydrogen-bond acceptors (Lipinski definition) is 3. The van der Waals surface area contributed by atoms with Gasteiger partial charge in [-0.05, 0) is 37.6 Å². The van der Waals surface area contributed by atoms with Gasteiger partial charge in [0.15, 0.2) is 0 Å². The van der Waals surface area contributed by atoms with Gasteiger partial charge >= 0.3 is 0 Å². The first-order chi connectivity index (χ1) is 8.58. The second-order valence-electron chi connectivity index (χ2n) is 4.45. The average molecular weight is 245 g/mol. The first-order valence-electron chi connectivity index (χ1n) is 6.02. The highest BCUT2D eigenvalue weighted by Crippen LogP contribution is 2.08. The monoisotopic (exact) mass is 245 g/mol. The molecular weight excluding hydrogens is 226 g/mol. The largest absolute Gasteiger partial charge is 0.340 e. The van der Waals surface area contributed by atoms with Gasteiger partial charge in [0.2, 0.25) is 0 Å². The Balaban J connectivity index is 2.69. The molecule has 0 aliphatic heterocycles. The van der Waals surface area contributed by atoms with E-state index in [4.69, 9.17) is 11.0 Å². The van der Waals surface area contributed by atoms with E-state index in [9.17, 15) is 4.79 Å². The zero-order valence-electron chi connectivity index (χ0n) is 10.9. The van der Waals surface area contributed by atoms with Crippen molar-refractivity contribution < 1.29 is 4.79 Å². The molecule has 1 unspecified atom stereocenters. The smallest absolute Gasteiger partial charge is 0.253 e. The molecule has 0 heterocycles. The first kappa shape index (κ1) is 14.2. The summed E-state index contributed by atoms with van der Waals surface area (Å²) < 4.78 is 0. The Morgan fingerprint density at radius 3 is 2.56 bits per heavy atom. The van der Waals surface area contributed by atoms with Crippen molar-refractivity contribution >= 4 is 5.91 Å². The van der Waals surface area contributed by atoms with Crippen molar-refractivity contribution in [2.45, 2.75) is 13.3 Å². The highest BCUT2D eigenvalue weighted by Gasteiger charge is 2.13. The summed E-state index contributed by atoms with van der Waals surface area (Å²) in [4.78, 5) is 13.6. The van der Waals surface area contributed by atoms with Gasteiger partial charge in [-0.15, -0.1) is 0 Å². The van der Waals surface area contributed by atoms with Crippen LogP contribution in [0.1, 0.15) is 22.8 Å². The fourth-order valence-corrected chi connectivity index (χ4v) is 1.74. The summed E-state index contributed by atoms with van der Waals surface area (Å²) in [6.07, 6.45) is 0.815. The summed E-state index contributed by atoms with van der Waals surface area (Å²) in [5.74, 6) is -0.216. The molecule has 0 bridgehead atoms. The average Bonchev–Trinajstić information content (AvgIpc) is 2.39. The lowest BCUT2D eigenvalue weighted by molar-refractivity contribution is 0.0785. The molecule has 0 aliphatic carbocycles. The number of benzene rings is 1. The number of amides is 1. The van der Waals surface area contributed by atoms with Crippen LogP contribution in [0.2, 0.25) is 0 Å². The summed E-state index contributed by atoms with van der Waals surface area (Å²) in [7, 11) is 1.71. The fourth-order valence-electron chi connectivity index (χ4n) is 1.74. The summed E-state index contributed by atoms with van der Waals surface area (Å²) in [5, 5.41) is 8.73. The number of rotatable bonds is 5. The Kier molecular flexibility index (Phi) is 5.34. The topological polar surface area (TPSA) is 70.1 Å². The van der Waals surface area contributed by atoms with Crippen LogP contribution >= 0.6 is 0 Å². The number of hydrogen-bond donors (Lipinski definition) is 1. The second kappa shape index (κ2) is 6.77. The van der Waals surface area contributed by atoms with Crippen molar-refractivity contribution in [2.24, 2.45) is 11.7 Å². The van der Waals surface area contributed by atoms with Crippen LogP contribution < -0.4 is 5.73 Å². The van der Waals surface area contributed by atoms with Crippen molar-refractivity contribution in [3.05, 3.63) is 35.4 Å². The van der Waals surface area contributed by atoms with E-state index in [1.54, 1.807) is 31.0 Å². The third-order valence-corrected chi connectivity index (χ3v) is 2.75. The number of carbonyl (C=O) groups is 1. The molecule has 0 radical (unpaired) electrons.